The molecule has 0 radical (unpaired) electrons. The lowest BCUT2D eigenvalue weighted by Gasteiger charge is -2.21. The number of ether oxygens (including phenoxy) is 1. The van der Waals surface area contributed by atoms with Crippen LogP contribution < -0.4 is 10.1 Å². The van der Waals surface area contributed by atoms with Crippen LogP contribution in [0.1, 0.15) is 22.7 Å². The minimum Gasteiger partial charge on any atom is -0.497 e. The van der Waals surface area contributed by atoms with Crippen LogP contribution in [0, 0.1) is 12.7 Å². The number of hydrogen-bond acceptors (Lipinski definition) is 2. The summed E-state index contributed by atoms with van der Waals surface area (Å²) in [6, 6.07) is 10.6. The van der Waals surface area contributed by atoms with Crippen molar-refractivity contribution in [2.75, 3.05) is 14.2 Å². The van der Waals surface area contributed by atoms with Gasteiger partial charge in [0.15, 0.2) is 0 Å². The summed E-state index contributed by atoms with van der Waals surface area (Å²) in [7, 11) is 3.46. The van der Waals surface area contributed by atoms with Gasteiger partial charge >= 0.3 is 0 Å². The van der Waals surface area contributed by atoms with E-state index in [2.05, 4.69) is 21.2 Å². The van der Waals surface area contributed by atoms with Gasteiger partial charge in [0.25, 0.3) is 0 Å². The largest absolute Gasteiger partial charge is 0.497 e. The van der Waals surface area contributed by atoms with E-state index in [-0.39, 0.29) is 11.9 Å². The highest BCUT2D eigenvalue weighted by Gasteiger charge is 2.20. The van der Waals surface area contributed by atoms with Crippen LogP contribution in [-0.4, -0.2) is 14.2 Å². The number of hydrogen-bond donors (Lipinski definition) is 1. The fraction of sp³-hybridized carbons (Fsp3) is 0.250. The molecule has 2 nitrogen and oxygen atoms in total. The molecule has 1 N–H and O–H groups in total. The van der Waals surface area contributed by atoms with Gasteiger partial charge < -0.3 is 10.1 Å². The molecule has 0 aromatic heterocycles. The highest BCUT2D eigenvalue weighted by Crippen LogP contribution is 2.33. The second-order valence-corrected chi connectivity index (χ2v) is 5.43. The first-order chi connectivity index (χ1) is 9.58. The Kier molecular flexibility index (Phi) is 4.78. The van der Waals surface area contributed by atoms with E-state index in [1.165, 1.54) is 6.07 Å². The van der Waals surface area contributed by atoms with Gasteiger partial charge in [-0.15, -0.1) is 0 Å². The molecule has 0 saturated carbocycles. The SMILES string of the molecule is CNC(c1ccc(OC)cc1C)c1c(F)cccc1Br. The molecule has 106 valence electrons. The zero-order valence-electron chi connectivity index (χ0n) is 11.7. The van der Waals surface area contributed by atoms with E-state index >= 15 is 0 Å². The van der Waals surface area contributed by atoms with Gasteiger partial charge in [0.05, 0.1) is 13.2 Å². The molecule has 0 aliphatic heterocycles. The fourth-order valence-corrected chi connectivity index (χ4v) is 2.91. The molecule has 0 saturated heterocycles. The Morgan fingerprint density at radius 1 is 1.25 bits per heavy atom. The molecule has 0 aliphatic rings. The Morgan fingerprint density at radius 3 is 2.55 bits per heavy atom. The van der Waals surface area contributed by atoms with Crippen molar-refractivity contribution < 1.29 is 9.13 Å². The minimum atomic E-state index is -0.228. The maximum atomic E-state index is 14.2. The molecule has 2 rings (SSSR count). The van der Waals surface area contributed by atoms with Crippen molar-refractivity contribution in [3.8, 4) is 5.75 Å². The molecule has 4 heteroatoms. The lowest BCUT2D eigenvalue weighted by atomic mass is 9.94. The lowest BCUT2D eigenvalue weighted by molar-refractivity contribution is 0.414. The van der Waals surface area contributed by atoms with E-state index in [0.717, 1.165) is 21.3 Å². The van der Waals surface area contributed by atoms with Crippen molar-refractivity contribution in [2.24, 2.45) is 0 Å². The topological polar surface area (TPSA) is 21.3 Å². The summed E-state index contributed by atoms with van der Waals surface area (Å²) in [5.74, 6) is 0.572. The Balaban J connectivity index is 2.53. The second-order valence-electron chi connectivity index (χ2n) is 4.58. The van der Waals surface area contributed by atoms with Crippen molar-refractivity contribution in [3.63, 3.8) is 0 Å². The van der Waals surface area contributed by atoms with Crippen LogP contribution in [0.25, 0.3) is 0 Å². The number of rotatable bonds is 4. The van der Waals surface area contributed by atoms with E-state index in [0.29, 0.717) is 5.56 Å². The molecule has 0 bridgehead atoms. The quantitative estimate of drug-likeness (QED) is 0.902. The van der Waals surface area contributed by atoms with Gasteiger partial charge in [-0.3, -0.25) is 0 Å². The van der Waals surface area contributed by atoms with Gasteiger partial charge in [-0.2, -0.15) is 0 Å². The number of nitrogens with one attached hydrogen (secondary N) is 1. The van der Waals surface area contributed by atoms with Gasteiger partial charge in [0, 0.05) is 10.0 Å². The summed E-state index contributed by atoms with van der Waals surface area (Å²) in [6.07, 6.45) is 0. The van der Waals surface area contributed by atoms with Crippen molar-refractivity contribution in [3.05, 3.63) is 63.4 Å². The monoisotopic (exact) mass is 337 g/mol. The molecule has 0 amide bonds. The van der Waals surface area contributed by atoms with Crippen LogP contribution in [-0.2, 0) is 0 Å². The normalized spacial score (nSPS) is 12.2. The average molecular weight is 338 g/mol. The highest BCUT2D eigenvalue weighted by atomic mass is 79.9. The van der Waals surface area contributed by atoms with Crippen LogP contribution in [0.15, 0.2) is 40.9 Å². The Hall–Kier alpha value is -1.39. The number of halogens is 2. The number of aryl methyl sites for hydroxylation is 1. The van der Waals surface area contributed by atoms with Crippen LogP contribution in [0.2, 0.25) is 0 Å². The maximum Gasteiger partial charge on any atom is 0.129 e. The predicted molar refractivity (Wildman–Crippen MR) is 82.7 cm³/mol. The van der Waals surface area contributed by atoms with E-state index < -0.39 is 0 Å². The first kappa shape index (κ1) is 15.0. The summed E-state index contributed by atoms with van der Waals surface area (Å²) in [5.41, 5.74) is 2.70. The molecule has 0 spiro atoms. The van der Waals surface area contributed by atoms with Crippen LogP contribution >= 0.6 is 15.9 Å². The number of benzene rings is 2. The fourth-order valence-electron chi connectivity index (χ4n) is 2.34. The highest BCUT2D eigenvalue weighted by molar-refractivity contribution is 9.10. The molecule has 1 atom stereocenters. The van der Waals surface area contributed by atoms with Gasteiger partial charge in [-0.1, -0.05) is 28.1 Å². The zero-order chi connectivity index (χ0) is 14.7. The maximum absolute atomic E-state index is 14.2. The van der Waals surface area contributed by atoms with Gasteiger partial charge in [0.1, 0.15) is 11.6 Å². The Bertz CT molecular complexity index is 595. The average Bonchev–Trinajstić information content (AvgIpc) is 2.43. The summed E-state index contributed by atoms with van der Waals surface area (Å²) in [5, 5.41) is 3.18. The number of methoxy groups -OCH3 is 1. The molecular formula is C16H17BrFNO. The Morgan fingerprint density at radius 2 is 2.00 bits per heavy atom. The standard InChI is InChI=1S/C16H17BrFNO/c1-10-9-11(20-3)7-8-12(10)16(19-2)15-13(17)5-4-6-14(15)18/h4-9,16,19H,1-3H3. The molecular weight excluding hydrogens is 321 g/mol. The third-order valence-electron chi connectivity index (χ3n) is 3.37. The van der Waals surface area contributed by atoms with Crippen LogP contribution in [0.4, 0.5) is 4.39 Å². The van der Waals surface area contributed by atoms with E-state index in [1.807, 2.05) is 38.2 Å². The van der Waals surface area contributed by atoms with Crippen molar-refractivity contribution in [2.45, 2.75) is 13.0 Å². The van der Waals surface area contributed by atoms with E-state index in [4.69, 9.17) is 4.74 Å². The summed E-state index contributed by atoms with van der Waals surface area (Å²) < 4.78 is 20.1. The summed E-state index contributed by atoms with van der Waals surface area (Å²) in [6.45, 7) is 2.00. The van der Waals surface area contributed by atoms with E-state index in [1.54, 1.807) is 13.2 Å². The van der Waals surface area contributed by atoms with Gasteiger partial charge in [-0.25, -0.2) is 4.39 Å². The zero-order valence-corrected chi connectivity index (χ0v) is 13.3. The van der Waals surface area contributed by atoms with Crippen molar-refractivity contribution >= 4 is 15.9 Å². The summed E-state index contributed by atoms with van der Waals surface area (Å²) in [4.78, 5) is 0. The smallest absolute Gasteiger partial charge is 0.129 e. The predicted octanol–water partition coefficient (Wildman–Crippen LogP) is 4.21. The van der Waals surface area contributed by atoms with Gasteiger partial charge in [0.2, 0.25) is 0 Å². The molecule has 2 aromatic rings. The molecule has 1 unspecified atom stereocenters. The lowest BCUT2D eigenvalue weighted by Crippen LogP contribution is -2.20. The third kappa shape index (κ3) is 2.86. The summed E-state index contributed by atoms with van der Waals surface area (Å²) >= 11 is 3.43. The van der Waals surface area contributed by atoms with Crippen LogP contribution in [0.3, 0.4) is 0 Å². The van der Waals surface area contributed by atoms with Crippen molar-refractivity contribution in [1.29, 1.82) is 0 Å². The molecule has 0 fully saturated rings. The minimum absolute atomic E-state index is 0.212. The molecule has 0 heterocycles. The third-order valence-corrected chi connectivity index (χ3v) is 4.06. The molecule has 0 aliphatic carbocycles. The first-order valence-electron chi connectivity index (χ1n) is 6.34. The molecule has 2 aromatic carbocycles. The van der Waals surface area contributed by atoms with E-state index in [9.17, 15) is 4.39 Å². The first-order valence-corrected chi connectivity index (χ1v) is 7.13. The van der Waals surface area contributed by atoms with Crippen molar-refractivity contribution in [1.82, 2.24) is 5.32 Å². The van der Waals surface area contributed by atoms with Gasteiger partial charge in [-0.05, 0) is 49.4 Å². The molecule has 20 heavy (non-hydrogen) atoms. The van der Waals surface area contributed by atoms with Crippen LogP contribution in [0.5, 0.6) is 5.75 Å². The Labute approximate surface area is 127 Å². The second kappa shape index (κ2) is 6.37.